The Morgan fingerprint density at radius 1 is 1.29 bits per heavy atom. The molecule has 2 N–H and O–H groups in total. The van der Waals surface area contributed by atoms with Crippen molar-refractivity contribution in [3.63, 3.8) is 0 Å². The number of likely N-dealkylation sites (tertiary alicyclic amines) is 1. The van der Waals surface area contributed by atoms with Gasteiger partial charge in [0.25, 0.3) is 0 Å². The first-order chi connectivity index (χ1) is 10.0. The molecule has 6 heteroatoms. The lowest BCUT2D eigenvalue weighted by Gasteiger charge is -2.28. The van der Waals surface area contributed by atoms with E-state index < -0.39 is 5.54 Å². The van der Waals surface area contributed by atoms with Crippen molar-refractivity contribution < 1.29 is 14.4 Å². The highest BCUT2D eigenvalue weighted by atomic mass is 16.2. The minimum atomic E-state index is -0.795. The maximum atomic E-state index is 12.3. The predicted octanol–water partition coefficient (Wildman–Crippen LogP) is 0.564. The molecule has 2 fully saturated rings. The Morgan fingerprint density at radius 3 is 2.81 bits per heavy atom. The van der Waals surface area contributed by atoms with Crippen LogP contribution in [0.4, 0.5) is 0 Å². The van der Waals surface area contributed by atoms with Crippen molar-refractivity contribution in [1.82, 2.24) is 15.5 Å². The van der Waals surface area contributed by atoms with Crippen molar-refractivity contribution in [2.24, 2.45) is 0 Å². The number of rotatable bonds is 5. The quantitative estimate of drug-likeness (QED) is 0.728. The topological polar surface area (TPSA) is 78.5 Å². The van der Waals surface area contributed by atoms with Gasteiger partial charge in [-0.15, -0.1) is 0 Å². The molecule has 1 unspecified atom stereocenters. The van der Waals surface area contributed by atoms with Crippen LogP contribution in [0.25, 0.3) is 0 Å². The van der Waals surface area contributed by atoms with Crippen molar-refractivity contribution in [2.45, 2.75) is 57.4 Å². The molecule has 2 heterocycles. The Morgan fingerprint density at radius 2 is 2.10 bits per heavy atom. The molecule has 0 aromatic rings. The summed E-state index contributed by atoms with van der Waals surface area (Å²) in [6, 6.07) is 0. The number of carbonyl (C=O) groups excluding carboxylic acids is 3. The number of nitrogens with zero attached hydrogens (tertiary/aromatic N) is 1. The summed E-state index contributed by atoms with van der Waals surface area (Å²) >= 11 is 0. The Balaban J connectivity index is 1.73. The lowest BCUT2D eigenvalue weighted by Crippen LogP contribution is -2.56. The van der Waals surface area contributed by atoms with Crippen LogP contribution in [0, 0.1) is 0 Å². The van der Waals surface area contributed by atoms with Crippen LogP contribution in [0.1, 0.15) is 51.9 Å². The van der Waals surface area contributed by atoms with E-state index in [1.165, 1.54) is 0 Å². The van der Waals surface area contributed by atoms with Gasteiger partial charge in [-0.25, -0.2) is 0 Å². The molecule has 0 aromatic carbocycles. The summed E-state index contributed by atoms with van der Waals surface area (Å²) in [7, 11) is 0. The Hall–Kier alpha value is -1.59. The zero-order valence-corrected chi connectivity index (χ0v) is 12.7. The van der Waals surface area contributed by atoms with Crippen LogP contribution in [0.2, 0.25) is 0 Å². The molecule has 6 nitrogen and oxygen atoms in total. The Bertz CT molecular complexity index is 424. The second kappa shape index (κ2) is 6.91. The van der Waals surface area contributed by atoms with Crippen LogP contribution in [-0.4, -0.2) is 47.8 Å². The normalized spacial score (nSPS) is 26.4. The number of carbonyl (C=O) groups is 3. The maximum absolute atomic E-state index is 12.3. The van der Waals surface area contributed by atoms with E-state index in [1.807, 2.05) is 4.90 Å². The summed E-state index contributed by atoms with van der Waals surface area (Å²) in [5.41, 5.74) is -0.795. The lowest BCUT2D eigenvalue weighted by atomic mass is 9.95. The molecule has 0 radical (unpaired) electrons. The molecule has 2 saturated heterocycles. The van der Waals surface area contributed by atoms with Gasteiger partial charge in [0, 0.05) is 32.5 Å². The highest BCUT2D eigenvalue weighted by Crippen LogP contribution is 2.19. The molecule has 2 aliphatic heterocycles. The monoisotopic (exact) mass is 295 g/mol. The van der Waals surface area contributed by atoms with Crippen LogP contribution in [0.5, 0.6) is 0 Å². The second-order valence-corrected chi connectivity index (χ2v) is 6.18. The zero-order chi connectivity index (χ0) is 15.3. The van der Waals surface area contributed by atoms with E-state index in [0.29, 0.717) is 32.4 Å². The fraction of sp³-hybridized carbons (Fsp3) is 0.800. The molecule has 118 valence electrons. The summed E-state index contributed by atoms with van der Waals surface area (Å²) in [6.07, 6.45) is 5.24. The first-order valence-corrected chi connectivity index (χ1v) is 7.88. The predicted molar refractivity (Wildman–Crippen MR) is 78.5 cm³/mol. The molecular formula is C15H25N3O3. The summed E-state index contributed by atoms with van der Waals surface area (Å²) in [5, 5.41) is 5.72. The number of hydrogen-bond donors (Lipinski definition) is 2. The van der Waals surface area contributed by atoms with Gasteiger partial charge in [-0.3, -0.25) is 14.4 Å². The highest BCUT2D eigenvalue weighted by molar-refractivity contribution is 5.91. The summed E-state index contributed by atoms with van der Waals surface area (Å²) in [4.78, 5) is 37.2. The van der Waals surface area contributed by atoms with Gasteiger partial charge in [0.2, 0.25) is 17.7 Å². The van der Waals surface area contributed by atoms with Crippen LogP contribution < -0.4 is 10.6 Å². The standard InChI is InChI=1S/C15H25N3O3/c1-15(8-3-2-6-12(19)17-15)14(21)16-9-5-11-18-10-4-7-13(18)20/h2-11H2,1H3,(H,16,21)(H,17,19). The fourth-order valence-electron chi connectivity index (χ4n) is 2.97. The molecule has 3 amide bonds. The molecule has 0 aromatic heterocycles. The number of nitrogens with one attached hydrogen (secondary N) is 2. The molecule has 0 aliphatic carbocycles. The van der Waals surface area contributed by atoms with Gasteiger partial charge in [-0.2, -0.15) is 0 Å². The molecule has 2 aliphatic rings. The van der Waals surface area contributed by atoms with E-state index >= 15 is 0 Å². The first kappa shape index (κ1) is 15.8. The van der Waals surface area contributed by atoms with Gasteiger partial charge in [0.1, 0.15) is 5.54 Å². The minimum Gasteiger partial charge on any atom is -0.354 e. The molecule has 0 bridgehead atoms. The Labute approximate surface area is 125 Å². The lowest BCUT2D eigenvalue weighted by molar-refractivity contribution is -0.132. The molecular weight excluding hydrogens is 270 g/mol. The van der Waals surface area contributed by atoms with Gasteiger partial charge < -0.3 is 15.5 Å². The Kier molecular flexibility index (Phi) is 5.20. The summed E-state index contributed by atoms with van der Waals surface area (Å²) < 4.78 is 0. The third-order valence-corrected chi connectivity index (χ3v) is 4.31. The molecule has 21 heavy (non-hydrogen) atoms. The SMILES string of the molecule is CC1(C(=O)NCCCN2CCCC2=O)CCCCC(=O)N1. The number of amides is 3. The van der Waals surface area contributed by atoms with E-state index in [0.717, 1.165) is 32.2 Å². The minimum absolute atomic E-state index is 0.0483. The van der Waals surface area contributed by atoms with Crippen LogP contribution in [0.3, 0.4) is 0 Å². The van der Waals surface area contributed by atoms with Gasteiger partial charge in [-0.1, -0.05) is 6.42 Å². The van der Waals surface area contributed by atoms with E-state index in [-0.39, 0.29) is 17.7 Å². The van der Waals surface area contributed by atoms with Crippen LogP contribution in [-0.2, 0) is 14.4 Å². The van der Waals surface area contributed by atoms with Crippen LogP contribution >= 0.6 is 0 Å². The smallest absolute Gasteiger partial charge is 0.245 e. The van der Waals surface area contributed by atoms with Gasteiger partial charge in [0.15, 0.2) is 0 Å². The van der Waals surface area contributed by atoms with Gasteiger partial charge in [0.05, 0.1) is 0 Å². The van der Waals surface area contributed by atoms with Gasteiger partial charge in [-0.05, 0) is 32.6 Å². The second-order valence-electron chi connectivity index (χ2n) is 6.18. The molecule has 1 atom stereocenters. The van der Waals surface area contributed by atoms with E-state index in [1.54, 1.807) is 6.92 Å². The van der Waals surface area contributed by atoms with Crippen LogP contribution in [0.15, 0.2) is 0 Å². The van der Waals surface area contributed by atoms with Crippen molar-refractivity contribution in [1.29, 1.82) is 0 Å². The van der Waals surface area contributed by atoms with E-state index in [4.69, 9.17) is 0 Å². The van der Waals surface area contributed by atoms with E-state index in [2.05, 4.69) is 10.6 Å². The fourth-order valence-corrected chi connectivity index (χ4v) is 2.97. The average molecular weight is 295 g/mol. The third kappa shape index (κ3) is 4.19. The maximum Gasteiger partial charge on any atom is 0.245 e. The summed E-state index contributed by atoms with van der Waals surface area (Å²) in [5.74, 6) is 0.0441. The largest absolute Gasteiger partial charge is 0.354 e. The molecule has 0 spiro atoms. The third-order valence-electron chi connectivity index (χ3n) is 4.31. The van der Waals surface area contributed by atoms with Crippen molar-refractivity contribution in [3.05, 3.63) is 0 Å². The number of hydrogen-bond acceptors (Lipinski definition) is 3. The molecule has 2 rings (SSSR count). The van der Waals surface area contributed by atoms with Crippen molar-refractivity contribution in [2.75, 3.05) is 19.6 Å². The zero-order valence-electron chi connectivity index (χ0n) is 12.7. The highest BCUT2D eigenvalue weighted by Gasteiger charge is 2.35. The van der Waals surface area contributed by atoms with Gasteiger partial charge >= 0.3 is 0 Å². The van der Waals surface area contributed by atoms with Crippen molar-refractivity contribution >= 4 is 17.7 Å². The average Bonchev–Trinajstić information content (AvgIpc) is 2.75. The van der Waals surface area contributed by atoms with Crippen molar-refractivity contribution in [3.8, 4) is 0 Å². The summed E-state index contributed by atoms with van der Waals surface area (Å²) in [6.45, 7) is 3.85. The van der Waals surface area contributed by atoms with E-state index in [9.17, 15) is 14.4 Å². The molecule has 0 saturated carbocycles. The first-order valence-electron chi connectivity index (χ1n) is 7.88.